The zero-order valence-electron chi connectivity index (χ0n) is 4.46. The average molecular weight is 266 g/mol. The van der Waals surface area contributed by atoms with E-state index >= 15 is 0 Å². The zero-order valence-corrected chi connectivity index (χ0v) is 7.08. The molecule has 1 rings (SSSR count). The Morgan fingerprint density at radius 2 is 1.44 bits per heavy atom. The van der Waals surface area contributed by atoms with E-state index in [9.17, 15) is 0 Å². The summed E-state index contributed by atoms with van der Waals surface area (Å²) in [6.45, 7) is 0. The Labute approximate surface area is 84.6 Å². The van der Waals surface area contributed by atoms with Gasteiger partial charge in [-0.05, 0) is 0 Å². The van der Waals surface area contributed by atoms with E-state index in [0.717, 1.165) is 0 Å². The molecular formula is C3H6N3O2Sm-. The Hall–Kier alpha value is 0.238. The van der Waals surface area contributed by atoms with Crippen LogP contribution in [0.5, 0.6) is 0 Å². The molecule has 52 valence electrons. The van der Waals surface area contributed by atoms with Crippen molar-refractivity contribution in [2.75, 3.05) is 0 Å². The quantitative estimate of drug-likeness (QED) is 0.463. The van der Waals surface area contributed by atoms with Gasteiger partial charge < -0.3 is 26.7 Å². The standard InChI is InChI=1S/C3H6N3O2.Sm/c4-1-2(5)8-3(6)7-1;/h4-6H2;/q-1;. The number of hydrogen-bond donors (Lipinski definition) is 3. The minimum absolute atomic E-state index is 0. The molecule has 6 heteroatoms. The number of rotatable bonds is 0. The van der Waals surface area contributed by atoms with Crippen molar-refractivity contribution >= 4 is 0 Å². The van der Waals surface area contributed by atoms with Gasteiger partial charge in [-0.1, -0.05) is 0 Å². The van der Waals surface area contributed by atoms with Gasteiger partial charge in [0.15, 0.2) is 0 Å². The summed E-state index contributed by atoms with van der Waals surface area (Å²) in [5.41, 5.74) is 15.1. The molecule has 0 bridgehead atoms. The van der Waals surface area contributed by atoms with Crippen LogP contribution in [0.2, 0.25) is 0 Å². The third-order valence-electron chi connectivity index (χ3n) is 0.664. The largest absolute Gasteiger partial charge is 0.590 e. The predicted octanol–water partition coefficient (Wildman–Crippen LogP) is -1.52. The minimum Gasteiger partial charge on any atom is -0.590 e. The molecule has 6 N–H and O–H groups in total. The van der Waals surface area contributed by atoms with Crippen LogP contribution in [0.25, 0.3) is 0 Å². The van der Waals surface area contributed by atoms with Gasteiger partial charge in [0.05, 0.1) is 6.41 Å². The molecule has 0 unspecified atom stereocenters. The van der Waals surface area contributed by atoms with Crippen molar-refractivity contribution in [2.24, 2.45) is 17.2 Å². The smallest absolute Gasteiger partial charge is 0.215 e. The third-order valence-corrected chi connectivity index (χ3v) is 0.664. The summed E-state index contributed by atoms with van der Waals surface area (Å²) in [5, 5.41) is 0. The zero-order chi connectivity index (χ0) is 6.15. The van der Waals surface area contributed by atoms with Crippen LogP contribution in [-0.4, -0.2) is 0 Å². The molecule has 1 heterocycles. The van der Waals surface area contributed by atoms with E-state index in [0.29, 0.717) is 0 Å². The first-order valence-corrected chi connectivity index (χ1v) is 1.93. The van der Waals surface area contributed by atoms with E-state index < -0.39 is 0 Å². The molecule has 0 aromatic heterocycles. The normalized spacial score (nSPS) is 18.3. The third kappa shape index (κ3) is 2.14. The van der Waals surface area contributed by atoms with Gasteiger partial charge in [-0.3, -0.25) is 0 Å². The van der Waals surface area contributed by atoms with Gasteiger partial charge in [-0.15, -0.1) is 0 Å². The topological polar surface area (TPSA) is 96.5 Å². The SMILES string of the molecule is NC1=C(N)O[C-](N)O1.[Sm]. The van der Waals surface area contributed by atoms with Crippen molar-refractivity contribution in [2.45, 2.75) is 0 Å². The fourth-order valence-corrected chi connectivity index (χ4v) is 0.338. The molecule has 0 atom stereocenters. The van der Waals surface area contributed by atoms with E-state index in [2.05, 4.69) is 9.47 Å². The molecule has 0 aliphatic carbocycles. The summed E-state index contributed by atoms with van der Waals surface area (Å²) in [6.07, 6.45) is -0.125. The van der Waals surface area contributed by atoms with E-state index in [4.69, 9.17) is 17.2 Å². The number of nitrogens with two attached hydrogens (primary N) is 3. The Bertz CT molecular complexity index is 123. The fraction of sp³-hybridized carbons (Fsp3) is 0. The molecule has 0 saturated carbocycles. The van der Waals surface area contributed by atoms with Crippen LogP contribution in [0.15, 0.2) is 11.8 Å². The molecule has 1 aliphatic heterocycles. The van der Waals surface area contributed by atoms with E-state index in [-0.39, 0.29) is 58.6 Å². The summed E-state index contributed by atoms with van der Waals surface area (Å²) < 4.78 is 8.96. The summed E-state index contributed by atoms with van der Waals surface area (Å²) in [5.74, 6) is 0.0324. The molecule has 1 aliphatic rings. The molecule has 5 nitrogen and oxygen atoms in total. The Morgan fingerprint density at radius 1 is 1.11 bits per heavy atom. The van der Waals surface area contributed by atoms with Gasteiger partial charge in [0.25, 0.3) is 0 Å². The fourth-order valence-electron chi connectivity index (χ4n) is 0.338. The number of hydrogen-bond acceptors (Lipinski definition) is 5. The van der Waals surface area contributed by atoms with Crippen LogP contribution in [0, 0.1) is 46.8 Å². The van der Waals surface area contributed by atoms with Crippen LogP contribution < -0.4 is 17.2 Å². The van der Waals surface area contributed by atoms with Gasteiger partial charge in [-0.25, -0.2) is 0 Å². The molecule has 0 amide bonds. The van der Waals surface area contributed by atoms with Crippen molar-refractivity contribution in [1.29, 1.82) is 0 Å². The average Bonchev–Trinajstić information content (AvgIpc) is 1.85. The van der Waals surface area contributed by atoms with Crippen molar-refractivity contribution < 1.29 is 49.9 Å². The van der Waals surface area contributed by atoms with Crippen LogP contribution in [0.4, 0.5) is 0 Å². The van der Waals surface area contributed by atoms with Crippen LogP contribution in [0.1, 0.15) is 0 Å². The van der Waals surface area contributed by atoms with Crippen molar-refractivity contribution in [3.63, 3.8) is 0 Å². The van der Waals surface area contributed by atoms with Crippen molar-refractivity contribution in [3.05, 3.63) is 18.2 Å². The second-order valence-corrected chi connectivity index (χ2v) is 1.25. The first-order chi connectivity index (χ1) is 3.70. The summed E-state index contributed by atoms with van der Waals surface area (Å²) >= 11 is 0. The van der Waals surface area contributed by atoms with Crippen molar-refractivity contribution in [3.8, 4) is 0 Å². The Morgan fingerprint density at radius 3 is 1.56 bits per heavy atom. The maximum atomic E-state index is 5.08. The van der Waals surface area contributed by atoms with E-state index in [1.807, 2.05) is 0 Å². The Kier molecular flexibility index (Phi) is 3.51. The first-order valence-electron chi connectivity index (χ1n) is 1.93. The van der Waals surface area contributed by atoms with Gasteiger partial charge in [0.1, 0.15) is 0 Å². The molecule has 0 aromatic carbocycles. The van der Waals surface area contributed by atoms with Gasteiger partial charge in [-0.2, -0.15) is 0 Å². The monoisotopic (exact) mass is 268 g/mol. The van der Waals surface area contributed by atoms with Gasteiger partial charge in [0.2, 0.25) is 11.8 Å². The van der Waals surface area contributed by atoms with E-state index in [1.54, 1.807) is 0 Å². The Balaban J connectivity index is 0.000000640. The molecule has 0 aromatic rings. The summed E-state index contributed by atoms with van der Waals surface area (Å²) in [4.78, 5) is 0. The summed E-state index contributed by atoms with van der Waals surface area (Å²) in [7, 11) is 0. The minimum atomic E-state index is -0.125. The molecule has 9 heavy (non-hydrogen) atoms. The maximum Gasteiger partial charge on any atom is 0.215 e. The molecule has 0 fully saturated rings. The maximum absolute atomic E-state index is 5.08. The number of ether oxygens (including phenoxy) is 2. The summed E-state index contributed by atoms with van der Waals surface area (Å²) in [6, 6.07) is 0. The van der Waals surface area contributed by atoms with Gasteiger partial charge >= 0.3 is 0 Å². The molecular weight excluding hydrogens is 260 g/mol. The first kappa shape index (κ1) is 9.24. The molecule has 0 saturated heterocycles. The molecule has 0 radical (unpaired) electrons. The van der Waals surface area contributed by atoms with Gasteiger partial charge in [0, 0.05) is 40.4 Å². The second kappa shape index (κ2) is 3.42. The van der Waals surface area contributed by atoms with Crippen molar-refractivity contribution in [1.82, 2.24) is 0 Å². The van der Waals surface area contributed by atoms with Crippen LogP contribution in [0.3, 0.4) is 0 Å². The van der Waals surface area contributed by atoms with Crippen LogP contribution >= 0.6 is 0 Å². The predicted molar refractivity (Wildman–Crippen MR) is 25.0 cm³/mol. The second-order valence-electron chi connectivity index (χ2n) is 1.25. The van der Waals surface area contributed by atoms with Crippen LogP contribution in [-0.2, 0) is 9.47 Å². The molecule has 0 spiro atoms. The van der Waals surface area contributed by atoms with E-state index in [1.165, 1.54) is 0 Å².